The minimum atomic E-state index is -3.00. The Kier molecular flexibility index (Phi) is 4.23. The monoisotopic (exact) mass is 226 g/mol. The van der Waals surface area contributed by atoms with Gasteiger partial charge in [0.2, 0.25) is 0 Å². The molecule has 0 aromatic carbocycles. The maximum absolute atomic E-state index is 13.9. The first-order chi connectivity index (χ1) is 5.59. The molecule has 0 heterocycles. The van der Waals surface area contributed by atoms with Crippen LogP contribution in [0.5, 0.6) is 0 Å². The minimum Gasteiger partial charge on any atom is -0.305 e. The standard InChI is InChI=1S/C7H20F2N2Si2/c1-10(2)12(5,8)7-13(6,9)11(3)4/h7H2,1-6H3. The molecule has 0 saturated carbocycles. The Morgan fingerprint density at radius 2 is 1.08 bits per heavy atom. The minimum absolute atomic E-state index is 0.111. The molecule has 2 nitrogen and oxygen atoms in total. The van der Waals surface area contributed by atoms with Crippen LogP contribution in [0.3, 0.4) is 0 Å². The summed E-state index contributed by atoms with van der Waals surface area (Å²) >= 11 is 0. The van der Waals surface area contributed by atoms with Gasteiger partial charge in [0.05, 0.1) is 0 Å². The third-order valence-electron chi connectivity index (χ3n) is 2.51. The maximum Gasteiger partial charge on any atom is 0.319 e. The second-order valence-electron chi connectivity index (χ2n) is 4.25. The molecule has 0 aromatic heterocycles. The van der Waals surface area contributed by atoms with Crippen molar-refractivity contribution in [1.29, 1.82) is 0 Å². The topological polar surface area (TPSA) is 6.48 Å². The Labute approximate surface area is 82.0 Å². The van der Waals surface area contributed by atoms with Crippen molar-refractivity contribution in [2.75, 3.05) is 28.2 Å². The molecule has 0 aliphatic carbocycles. The molecular weight excluding hydrogens is 206 g/mol. The van der Waals surface area contributed by atoms with Crippen LogP contribution in [0.4, 0.5) is 8.22 Å². The largest absolute Gasteiger partial charge is 0.319 e. The summed E-state index contributed by atoms with van der Waals surface area (Å²) in [6.45, 7) is 3.11. The Morgan fingerprint density at radius 1 is 0.846 bits per heavy atom. The molecule has 0 radical (unpaired) electrons. The fourth-order valence-electron chi connectivity index (χ4n) is 0.905. The van der Waals surface area contributed by atoms with E-state index in [1.54, 1.807) is 50.4 Å². The van der Waals surface area contributed by atoms with Crippen molar-refractivity contribution in [3.8, 4) is 0 Å². The maximum atomic E-state index is 13.9. The van der Waals surface area contributed by atoms with E-state index in [1.165, 1.54) is 0 Å². The highest BCUT2D eigenvalue weighted by molar-refractivity contribution is 6.87. The highest BCUT2D eigenvalue weighted by Gasteiger charge is 2.44. The molecule has 80 valence electrons. The predicted molar refractivity (Wildman–Crippen MR) is 57.6 cm³/mol. The second kappa shape index (κ2) is 4.16. The lowest BCUT2D eigenvalue weighted by atomic mass is 11.3. The molecule has 0 bridgehead atoms. The third kappa shape index (κ3) is 3.84. The van der Waals surface area contributed by atoms with E-state index in [1.807, 2.05) is 0 Å². The van der Waals surface area contributed by atoms with E-state index >= 15 is 0 Å². The quantitative estimate of drug-likeness (QED) is 0.532. The zero-order chi connectivity index (χ0) is 10.9. The fraction of sp³-hybridized carbons (Fsp3) is 1.00. The lowest BCUT2D eigenvalue weighted by Gasteiger charge is -2.32. The molecule has 2 atom stereocenters. The number of hydrogen-bond acceptors (Lipinski definition) is 2. The Morgan fingerprint density at radius 3 is 1.23 bits per heavy atom. The van der Waals surface area contributed by atoms with Crippen LogP contribution < -0.4 is 0 Å². The molecule has 0 aliphatic heterocycles. The summed E-state index contributed by atoms with van der Waals surface area (Å²) in [5.74, 6) is 0. The van der Waals surface area contributed by atoms with Gasteiger partial charge in [-0.2, -0.15) is 0 Å². The van der Waals surface area contributed by atoms with Crippen molar-refractivity contribution >= 4 is 17.1 Å². The van der Waals surface area contributed by atoms with Gasteiger partial charge in [0.25, 0.3) is 0 Å². The van der Waals surface area contributed by atoms with Gasteiger partial charge < -0.3 is 9.13 Å². The van der Waals surface area contributed by atoms with E-state index < -0.39 is 17.1 Å². The number of nitrogens with zero attached hydrogens (tertiary/aromatic N) is 2. The van der Waals surface area contributed by atoms with E-state index in [0.717, 1.165) is 0 Å². The van der Waals surface area contributed by atoms with Crippen LogP contribution in [0.25, 0.3) is 0 Å². The fourth-order valence-corrected chi connectivity index (χ4v) is 8.15. The van der Waals surface area contributed by atoms with Crippen molar-refractivity contribution in [2.45, 2.75) is 18.8 Å². The third-order valence-corrected chi connectivity index (χ3v) is 11.4. The van der Waals surface area contributed by atoms with E-state index in [-0.39, 0.29) is 5.67 Å². The summed E-state index contributed by atoms with van der Waals surface area (Å²) in [6.07, 6.45) is 0. The molecule has 0 spiro atoms. The van der Waals surface area contributed by atoms with Crippen molar-refractivity contribution in [3.05, 3.63) is 0 Å². The van der Waals surface area contributed by atoms with Crippen LogP contribution in [-0.2, 0) is 0 Å². The SMILES string of the molecule is CN(C)[Si](C)(F)C[Si](C)(F)N(C)C. The van der Waals surface area contributed by atoms with E-state index in [0.29, 0.717) is 0 Å². The number of rotatable bonds is 4. The van der Waals surface area contributed by atoms with Gasteiger partial charge in [-0.3, -0.25) is 8.22 Å². The highest BCUT2D eigenvalue weighted by atomic mass is 28.4. The van der Waals surface area contributed by atoms with Gasteiger partial charge in [0.15, 0.2) is 0 Å². The summed E-state index contributed by atoms with van der Waals surface area (Å²) < 4.78 is 30.9. The summed E-state index contributed by atoms with van der Waals surface area (Å²) in [5.41, 5.74) is 0.111. The first-order valence-electron chi connectivity index (χ1n) is 4.32. The van der Waals surface area contributed by atoms with Gasteiger partial charge in [-0.1, -0.05) is 0 Å². The molecule has 13 heavy (non-hydrogen) atoms. The second-order valence-corrected chi connectivity index (χ2v) is 12.0. The lowest BCUT2D eigenvalue weighted by Crippen LogP contribution is -2.54. The lowest BCUT2D eigenvalue weighted by molar-refractivity contribution is 0.504. The van der Waals surface area contributed by atoms with Crippen LogP contribution in [0, 0.1) is 0 Å². The zero-order valence-corrected chi connectivity index (χ0v) is 11.4. The molecular formula is C7H20F2N2Si2. The molecule has 0 N–H and O–H groups in total. The molecule has 0 rings (SSSR count). The van der Waals surface area contributed by atoms with Crippen LogP contribution >= 0.6 is 0 Å². The van der Waals surface area contributed by atoms with Gasteiger partial charge in [0.1, 0.15) is 0 Å². The van der Waals surface area contributed by atoms with Crippen molar-refractivity contribution in [2.24, 2.45) is 0 Å². The first-order valence-corrected chi connectivity index (χ1v) is 9.39. The Bertz CT molecular complexity index is 154. The number of halogens is 2. The van der Waals surface area contributed by atoms with E-state index in [2.05, 4.69) is 0 Å². The average molecular weight is 226 g/mol. The summed E-state index contributed by atoms with van der Waals surface area (Å²) in [6, 6.07) is 0. The zero-order valence-electron chi connectivity index (χ0n) is 9.36. The van der Waals surface area contributed by atoms with Crippen molar-refractivity contribution in [3.63, 3.8) is 0 Å². The van der Waals surface area contributed by atoms with Gasteiger partial charge in [0, 0.05) is 5.67 Å². The highest BCUT2D eigenvalue weighted by Crippen LogP contribution is 2.24. The normalized spacial score (nSPS) is 21.7. The smallest absolute Gasteiger partial charge is 0.305 e. The molecule has 0 aliphatic rings. The van der Waals surface area contributed by atoms with Crippen LogP contribution in [0.1, 0.15) is 0 Å². The Hall–Kier alpha value is 0.214. The van der Waals surface area contributed by atoms with Gasteiger partial charge >= 0.3 is 17.1 Å². The van der Waals surface area contributed by atoms with Crippen molar-refractivity contribution in [1.82, 2.24) is 9.13 Å². The molecule has 0 amide bonds. The first kappa shape index (κ1) is 13.2. The van der Waals surface area contributed by atoms with E-state index in [4.69, 9.17) is 0 Å². The van der Waals surface area contributed by atoms with Crippen LogP contribution in [-0.4, -0.2) is 54.5 Å². The summed E-state index contributed by atoms with van der Waals surface area (Å²) in [5, 5.41) is 0. The summed E-state index contributed by atoms with van der Waals surface area (Å²) in [4.78, 5) is 0. The Balaban J connectivity index is 4.42. The molecule has 2 unspecified atom stereocenters. The van der Waals surface area contributed by atoms with Gasteiger partial charge in [-0.15, -0.1) is 0 Å². The summed E-state index contributed by atoms with van der Waals surface area (Å²) in [7, 11) is 0.747. The number of hydrogen-bond donors (Lipinski definition) is 0. The predicted octanol–water partition coefficient (Wildman–Crippen LogP) is 1.73. The van der Waals surface area contributed by atoms with Gasteiger partial charge in [-0.05, 0) is 41.3 Å². The molecule has 6 heteroatoms. The van der Waals surface area contributed by atoms with Crippen molar-refractivity contribution < 1.29 is 8.22 Å². The molecule has 0 aromatic rings. The van der Waals surface area contributed by atoms with Crippen LogP contribution in [0.15, 0.2) is 0 Å². The van der Waals surface area contributed by atoms with Crippen LogP contribution in [0.2, 0.25) is 18.8 Å². The average Bonchev–Trinajstić information content (AvgIpc) is 1.83. The molecule has 0 saturated heterocycles. The van der Waals surface area contributed by atoms with E-state index in [9.17, 15) is 8.22 Å². The molecule has 0 fully saturated rings. The van der Waals surface area contributed by atoms with Gasteiger partial charge in [-0.25, -0.2) is 0 Å².